The highest BCUT2D eigenvalue weighted by molar-refractivity contribution is 5.79. The lowest BCUT2D eigenvalue weighted by Crippen LogP contribution is -2.28. The maximum Gasteiger partial charge on any atom is 0.224 e. The smallest absolute Gasteiger partial charge is 0.224 e. The molecule has 0 saturated carbocycles. The Morgan fingerprint density at radius 1 is 1.14 bits per heavy atom. The van der Waals surface area contributed by atoms with Crippen molar-refractivity contribution in [2.75, 3.05) is 0 Å². The van der Waals surface area contributed by atoms with E-state index in [-0.39, 0.29) is 24.2 Å². The van der Waals surface area contributed by atoms with Gasteiger partial charge in [0.2, 0.25) is 5.91 Å². The molecule has 1 N–H and O–H groups in total. The standard InChI is InChI=1S/C18H20FNO/c1-12-4-9-17(13(2)10-12)14(3)20-18(21)11-15-5-7-16(19)8-6-15/h4-10,14H,11H2,1-3H3,(H,20,21)/t14-/m0/s1. The van der Waals surface area contributed by atoms with E-state index in [9.17, 15) is 9.18 Å². The van der Waals surface area contributed by atoms with Crippen molar-refractivity contribution in [2.45, 2.75) is 33.2 Å². The van der Waals surface area contributed by atoms with Crippen LogP contribution in [0.4, 0.5) is 4.39 Å². The first-order chi connectivity index (χ1) is 9.95. The number of hydrogen-bond acceptors (Lipinski definition) is 1. The lowest BCUT2D eigenvalue weighted by molar-refractivity contribution is -0.121. The number of halogens is 1. The summed E-state index contributed by atoms with van der Waals surface area (Å²) >= 11 is 0. The van der Waals surface area contributed by atoms with Gasteiger partial charge in [0.25, 0.3) is 0 Å². The van der Waals surface area contributed by atoms with Crippen molar-refractivity contribution >= 4 is 5.91 Å². The summed E-state index contributed by atoms with van der Waals surface area (Å²) in [7, 11) is 0. The third-order valence-electron chi connectivity index (χ3n) is 3.55. The first-order valence-electron chi connectivity index (χ1n) is 7.06. The predicted octanol–water partition coefficient (Wildman–Crippen LogP) is 3.86. The van der Waals surface area contributed by atoms with Crippen molar-refractivity contribution in [3.63, 3.8) is 0 Å². The van der Waals surface area contributed by atoms with E-state index in [1.165, 1.54) is 23.3 Å². The molecule has 0 aliphatic heterocycles. The van der Waals surface area contributed by atoms with Gasteiger partial charge in [-0.25, -0.2) is 4.39 Å². The molecule has 0 aliphatic rings. The fourth-order valence-electron chi connectivity index (χ4n) is 2.47. The highest BCUT2D eigenvalue weighted by atomic mass is 19.1. The van der Waals surface area contributed by atoms with E-state index in [2.05, 4.69) is 18.3 Å². The molecule has 1 amide bonds. The lowest BCUT2D eigenvalue weighted by Gasteiger charge is -2.17. The second-order valence-electron chi connectivity index (χ2n) is 5.45. The Morgan fingerprint density at radius 3 is 2.43 bits per heavy atom. The van der Waals surface area contributed by atoms with Crippen LogP contribution in [0.1, 0.15) is 35.2 Å². The maximum atomic E-state index is 12.8. The van der Waals surface area contributed by atoms with Crippen LogP contribution in [0.3, 0.4) is 0 Å². The van der Waals surface area contributed by atoms with Gasteiger partial charge in [-0.2, -0.15) is 0 Å². The number of aryl methyl sites for hydroxylation is 2. The summed E-state index contributed by atoms with van der Waals surface area (Å²) in [6.45, 7) is 6.07. The Bertz CT molecular complexity index is 634. The summed E-state index contributed by atoms with van der Waals surface area (Å²) in [5, 5.41) is 2.99. The Balaban J connectivity index is 2.00. The summed E-state index contributed by atoms with van der Waals surface area (Å²) in [6.07, 6.45) is 0.259. The SMILES string of the molecule is Cc1ccc([C@H](C)NC(=O)Cc2ccc(F)cc2)c(C)c1. The van der Waals surface area contributed by atoms with Crippen molar-refractivity contribution in [1.82, 2.24) is 5.32 Å². The molecule has 110 valence electrons. The molecule has 0 heterocycles. The van der Waals surface area contributed by atoms with Gasteiger partial charge in [0.05, 0.1) is 12.5 Å². The normalized spacial score (nSPS) is 12.0. The average molecular weight is 285 g/mol. The summed E-state index contributed by atoms with van der Waals surface area (Å²) in [4.78, 5) is 12.1. The third kappa shape index (κ3) is 4.15. The van der Waals surface area contributed by atoms with Crippen molar-refractivity contribution in [2.24, 2.45) is 0 Å². The molecule has 0 saturated heterocycles. The molecule has 0 bridgehead atoms. The second kappa shape index (κ2) is 6.53. The topological polar surface area (TPSA) is 29.1 Å². The minimum absolute atomic E-state index is 0.0430. The van der Waals surface area contributed by atoms with Gasteiger partial charge in [0.15, 0.2) is 0 Å². The molecule has 2 aromatic rings. The maximum absolute atomic E-state index is 12.8. The Kier molecular flexibility index (Phi) is 4.73. The molecule has 2 nitrogen and oxygen atoms in total. The Hall–Kier alpha value is -2.16. The molecule has 2 aromatic carbocycles. The molecule has 0 unspecified atom stereocenters. The molecule has 0 aromatic heterocycles. The Morgan fingerprint density at radius 2 is 1.81 bits per heavy atom. The van der Waals surface area contributed by atoms with Crippen molar-refractivity contribution < 1.29 is 9.18 Å². The van der Waals surface area contributed by atoms with Gasteiger partial charge in [-0.1, -0.05) is 35.9 Å². The van der Waals surface area contributed by atoms with Crippen LogP contribution >= 0.6 is 0 Å². The van der Waals surface area contributed by atoms with Gasteiger partial charge in [-0.15, -0.1) is 0 Å². The van der Waals surface area contributed by atoms with E-state index in [0.29, 0.717) is 0 Å². The van der Waals surface area contributed by atoms with Crippen LogP contribution in [0.2, 0.25) is 0 Å². The minimum atomic E-state index is -0.289. The Labute approximate surface area is 125 Å². The molecule has 3 heteroatoms. The van der Waals surface area contributed by atoms with Crippen LogP contribution in [0.5, 0.6) is 0 Å². The van der Waals surface area contributed by atoms with Gasteiger partial charge in [-0.3, -0.25) is 4.79 Å². The van der Waals surface area contributed by atoms with Gasteiger partial charge < -0.3 is 5.32 Å². The molecule has 0 fully saturated rings. The van der Waals surface area contributed by atoms with Gasteiger partial charge in [0, 0.05) is 0 Å². The van der Waals surface area contributed by atoms with Crippen molar-refractivity contribution in [1.29, 1.82) is 0 Å². The van der Waals surface area contributed by atoms with E-state index < -0.39 is 0 Å². The molecular weight excluding hydrogens is 265 g/mol. The molecule has 0 aliphatic carbocycles. The zero-order chi connectivity index (χ0) is 15.4. The summed E-state index contributed by atoms with van der Waals surface area (Å²) in [5.41, 5.74) is 4.31. The first kappa shape index (κ1) is 15.2. The van der Waals surface area contributed by atoms with Crippen molar-refractivity contribution in [3.05, 3.63) is 70.5 Å². The predicted molar refractivity (Wildman–Crippen MR) is 82.6 cm³/mol. The molecule has 2 rings (SSSR count). The fraction of sp³-hybridized carbons (Fsp3) is 0.278. The third-order valence-corrected chi connectivity index (χ3v) is 3.55. The second-order valence-corrected chi connectivity index (χ2v) is 5.45. The van der Waals surface area contributed by atoms with Crippen LogP contribution in [-0.2, 0) is 11.2 Å². The highest BCUT2D eigenvalue weighted by Gasteiger charge is 2.12. The molecule has 0 radical (unpaired) electrons. The summed E-state index contributed by atoms with van der Waals surface area (Å²) in [5.74, 6) is -0.350. The summed E-state index contributed by atoms with van der Waals surface area (Å²) < 4.78 is 12.8. The molecule has 1 atom stereocenters. The number of carbonyl (C=O) groups is 1. The van der Waals surface area contributed by atoms with Gasteiger partial charge in [-0.05, 0) is 49.6 Å². The zero-order valence-electron chi connectivity index (χ0n) is 12.6. The number of rotatable bonds is 4. The van der Waals surface area contributed by atoms with Gasteiger partial charge >= 0.3 is 0 Å². The van der Waals surface area contributed by atoms with Crippen LogP contribution in [0.25, 0.3) is 0 Å². The average Bonchev–Trinajstić information content (AvgIpc) is 2.41. The van der Waals surface area contributed by atoms with E-state index in [1.54, 1.807) is 12.1 Å². The largest absolute Gasteiger partial charge is 0.349 e. The molecule has 0 spiro atoms. The number of benzene rings is 2. The number of hydrogen-bond donors (Lipinski definition) is 1. The summed E-state index contributed by atoms with van der Waals surface area (Å²) in [6, 6.07) is 12.2. The highest BCUT2D eigenvalue weighted by Crippen LogP contribution is 2.18. The van der Waals surface area contributed by atoms with Crippen LogP contribution < -0.4 is 5.32 Å². The zero-order valence-corrected chi connectivity index (χ0v) is 12.6. The van der Waals surface area contributed by atoms with Crippen LogP contribution in [-0.4, -0.2) is 5.91 Å². The van der Waals surface area contributed by atoms with E-state index in [1.807, 2.05) is 26.0 Å². The van der Waals surface area contributed by atoms with Crippen LogP contribution in [0, 0.1) is 19.7 Å². The van der Waals surface area contributed by atoms with E-state index in [4.69, 9.17) is 0 Å². The van der Waals surface area contributed by atoms with Crippen molar-refractivity contribution in [3.8, 4) is 0 Å². The first-order valence-corrected chi connectivity index (χ1v) is 7.06. The quantitative estimate of drug-likeness (QED) is 0.908. The van der Waals surface area contributed by atoms with E-state index in [0.717, 1.165) is 11.1 Å². The van der Waals surface area contributed by atoms with E-state index >= 15 is 0 Å². The lowest BCUT2D eigenvalue weighted by atomic mass is 10.00. The minimum Gasteiger partial charge on any atom is -0.349 e. The molecule has 21 heavy (non-hydrogen) atoms. The number of amides is 1. The number of nitrogens with one attached hydrogen (secondary N) is 1. The fourth-order valence-corrected chi connectivity index (χ4v) is 2.47. The number of carbonyl (C=O) groups excluding carboxylic acids is 1. The monoisotopic (exact) mass is 285 g/mol. The molecular formula is C18H20FNO. The van der Waals surface area contributed by atoms with Crippen LogP contribution in [0.15, 0.2) is 42.5 Å². The van der Waals surface area contributed by atoms with Gasteiger partial charge in [0.1, 0.15) is 5.82 Å².